The van der Waals surface area contributed by atoms with Crippen LogP contribution in [0.4, 0.5) is 0 Å². The van der Waals surface area contributed by atoms with Gasteiger partial charge in [-0.2, -0.15) is 0 Å². The highest BCUT2D eigenvalue weighted by molar-refractivity contribution is 5.87. The lowest BCUT2D eigenvalue weighted by Gasteiger charge is -2.41. The van der Waals surface area contributed by atoms with Gasteiger partial charge in [-0.15, -0.1) is 0 Å². The maximum absolute atomic E-state index is 12.1. The van der Waals surface area contributed by atoms with Gasteiger partial charge in [-0.3, -0.25) is 4.79 Å². The van der Waals surface area contributed by atoms with Crippen LogP contribution >= 0.6 is 0 Å². The molecule has 1 amide bonds. The Hall–Kier alpha value is -3.96. The monoisotopic (exact) mass is 777 g/mol. The molecule has 10 heteroatoms. The maximum atomic E-state index is 12.1. The number of imidazole rings is 1. The third-order valence-electron chi connectivity index (χ3n) is 13.6. The molecule has 5 aliphatic rings. The van der Waals surface area contributed by atoms with E-state index in [9.17, 15) is 4.79 Å². The Bertz CT molecular complexity index is 1850. The van der Waals surface area contributed by atoms with E-state index in [0.29, 0.717) is 32.2 Å². The van der Waals surface area contributed by atoms with Crippen LogP contribution in [0.15, 0.2) is 79.1 Å². The molecule has 4 saturated heterocycles. The Morgan fingerprint density at radius 3 is 2.07 bits per heavy atom. The summed E-state index contributed by atoms with van der Waals surface area (Å²) in [6.07, 6.45) is 15.8. The average molecular weight is 778 g/mol. The third-order valence-corrected chi connectivity index (χ3v) is 13.6. The van der Waals surface area contributed by atoms with Crippen LogP contribution in [-0.2, 0) is 31.6 Å². The molecule has 306 valence electrons. The van der Waals surface area contributed by atoms with Gasteiger partial charge in [-0.05, 0) is 131 Å². The SMILES string of the molecule is NC(=O)C1(c2ccc(OC3CCN(C4CCC4)CC3)cc2)CCOCC1.c1ccc2c(c1)ncn2CC1(c2ccc(OCCCN3CCCC3)cc2)CCOCC1. The van der Waals surface area contributed by atoms with Crippen molar-refractivity contribution in [2.45, 2.75) is 107 Å². The molecular formula is C47H63N5O5. The molecule has 1 aliphatic carbocycles. The zero-order valence-corrected chi connectivity index (χ0v) is 33.8. The van der Waals surface area contributed by atoms with Crippen molar-refractivity contribution >= 4 is 16.9 Å². The Kier molecular flexibility index (Phi) is 13.1. The molecule has 9 rings (SSSR count). The number of ether oxygens (including phenoxy) is 4. The van der Waals surface area contributed by atoms with Crippen molar-refractivity contribution in [1.82, 2.24) is 19.4 Å². The summed E-state index contributed by atoms with van der Waals surface area (Å²) in [5.41, 5.74) is 9.84. The highest BCUT2D eigenvalue weighted by Crippen LogP contribution is 2.39. The molecule has 5 heterocycles. The third kappa shape index (κ3) is 9.51. The van der Waals surface area contributed by atoms with E-state index in [2.05, 4.69) is 61.8 Å². The van der Waals surface area contributed by atoms with Crippen LogP contribution in [0, 0.1) is 0 Å². The molecule has 0 spiro atoms. The van der Waals surface area contributed by atoms with Crippen LogP contribution in [0.2, 0.25) is 0 Å². The number of benzene rings is 3. The number of nitrogens with zero attached hydrogens (tertiary/aromatic N) is 4. The minimum absolute atomic E-state index is 0.0655. The number of piperidine rings is 1. The van der Waals surface area contributed by atoms with Gasteiger partial charge < -0.3 is 39.0 Å². The Balaban J connectivity index is 0.000000162. The summed E-state index contributed by atoms with van der Waals surface area (Å²) >= 11 is 0. The fraction of sp³-hybridized carbons (Fsp3) is 0.574. The first-order chi connectivity index (χ1) is 28.0. The summed E-state index contributed by atoms with van der Waals surface area (Å²) in [5, 5.41) is 0. The Morgan fingerprint density at radius 2 is 1.40 bits per heavy atom. The first-order valence-corrected chi connectivity index (χ1v) is 21.8. The smallest absolute Gasteiger partial charge is 0.228 e. The number of likely N-dealkylation sites (tertiary alicyclic amines) is 2. The number of carbonyl (C=O) groups excluding carboxylic acids is 1. The fourth-order valence-electron chi connectivity index (χ4n) is 9.70. The largest absolute Gasteiger partial charge is 0.494 e. The molecule has 0 atom stereocenters. The van der Waals surface area contributed by atoms with E-state index in [1.807, 2.05) is 36.7 Å². The molecule has 5 fully saturated rings. The van der Waals surface area contributed by atoms with Gasteiger partial charge in [-0.25, -0.2) is 4.98 Å². The second-order valence-corrected chi connectivity index (χ2v) is 17.1. The number of primary amides is 1. The van der Waals surface area contributed by atoms with Crippen LogP contribution in [0.3, 0.4) is 0 Å². The predicted octanol–water partition coefficient (Wildman–Crippen LogP) is 7.27. The number of hydrogen-bond donors (Lipinski definition) is 1. The van der Waals surface area contributed by atoms with Crippen LogP contribution in [0.5, 0.6) is 11.5 Å². The average Bonchev–Trinajstić information content (AvgIpc) is 3.91. The lowest BCUT2D eigenvalue weighted by Crippen LogP contribution is -2.46. The maximum Gasteiger partial charge on any atom is 0.228 e. The predicted molar refractivity (Wildman–Crippen MR) is 224 cm³/mol. The minimum Gasteiger partial charge on any atom is -0.494 e. The molecule has 0 radical (unpaired) electrons. The molecule has 0 unspecified atom stereocenters. The van der Waals surface area contributed by atoms with Crippen molar-refractivity contribution in [3.63, 3.8) is 0 Å². The molecular weight excluding hydrogens is 715 g/mol. The van der Waals surface area contributed by atoms with Crippen molar-refractivity contribution in [2.75, 3.05) is 65.8 Å². The molecule has 10 nitrogen and oxygen atoms in total. The normalized spacial score (nSPS) is 21.7. The van der Waals surface area contributed by atoms with E-state index in [0.717, 1.165) is 107 Å². The summed E-state index contributed by atoms with van der Waals surface area (Å²) in [6.45, 7) is 10.5. The van der Waals surface area contributed by atoms with E-state index in [1.54, 1.807) is 0 Å². The Morgan fingerprint density at radius 1 is 0.754 bits per heavy atom. The summed E-state index contributed by atoms with van der Waals surface area (Å²) in [4.78, 5) is 21.9. The van der Waals surface area contributed by atoms with Gasteiger partial charge in [0, 0.05) is 64.1 Å². The lowest BCUT2D eigenvalue weighted by molar-refractivity contribution is -0.127. The minimum atomic E-state index is -0.592. The van der Waals surface area contributed by atoms with E-state index in [4.69, 9.17) is 24.7 Å². The van der Waals surface area contributed by atoms with Crippen LogP contribution < -0.4 is 15.2 Å². The first kappa shape index (κ1) is 39.8. The highest BCUT2D eigenvalue weighted by atomic mass is 16.5. The van der Waals surface area contributed by atoms with Crippen molar-refractivity contribution < 1.29 is 23.7 Å². The summed E-state index contributed by atoms with van der Waals surface area (Å²) in [5.74, 6) is 1.61. The van der Waals surface area contributed by atoms with Gasteiger partial charge >= 0.3 is 0 Å². The molecule has 1 saturated carbocycles. The molecule has 4 aliphatic heterocycles. The highest BCUT2D eigenvalue weighted by Gasteiger charge is 2.40. The fourth-order valence-corrected chi connectivity index (χ4v) is 9.70. The van der Waals surface area contributed by atoms with Gasteiger partial charge in [-0.1, -0.05) is 42.8 Å². The van der Waals surface area contributed by atoms with Crippen molar-refractivity contribution in [3.8, 4) is 11.5 Å². The second-order valence-electron chi connectivity index (χ2n) is 17.1. The van der Waals surface area contributed by atoms with Crippen LogP contribution in [0.1, 0.15) is 88.2 Å². The first-order valence-electron chi connectivity index (χ1n) is 21.8. The molecule has 4 aromatic rings. The zero-order valence-electron chi connectivity index (χ0n) is 33.8. The summed E-state index contributed by atoms with van der Waals surface area (Å²) < 4.78 is 25.7. The number of amides is 1. The number of aromatic nitrogens is 2. The topological polar surface area (TPSA) is 104 Å². The van der Waals surface area contributed by atoms with Crippen molar-refractivity contribution in [2.24, 2.45) is 5.73 Å². The van der Waals surface area contributed by atoms with Gasteiger partial charge in [0.25, 0.3) is 0 Å². The molecule has 0 bridgehead atoms. The van der Waals surface area contributed by atoms with Gasteiger partial charge in [0.05, 0.1) is 29.4 Å². The number of rotatable bonds is 13. The second kappa shape index (κ2) is 18.7. The molecule has 3 aromatic carbocycles. The van der Waals surface area contributed by atoms with E-state index in [-0.39, 0.29) is 11.3 Å². The standard InChI is InChI=1S/C26H33N3O2.C21H30N2O3/c1-2-7-25-24(6-1)27-21-29(25)20-26(12-18-30-19-13-26)22-8-10-23(11-9-22)31-17-5-16-28-14-3-4-15-28;22-20(24)21(10-14-25-15-11-21)16-4-6-18(7-5-16)26-19-8-12-23(13-9-19)17-2-1-3-17/h1-2,6-11,21H,3-5,12-20H2;4-7,17,19H,1-3,8-15H2,(H2,22,24). The number of para-hydroxylation sites is 2. The van der Waals surface area contributed by atoms with Crippen LogP contribution in [-0.4, -0.2) is 103 Å². The number of nitrogens with two attached hydrogens (primary N) is 1. The number of hydrogen-bond acceptors (Lipinski definition) is 8. The summed E-state index contributed by atoms with van der Waals surface area (Å²) in [6, 6.07) is 26.0. The quantitative estimate of drug-likeness (QED) is 0.142. The Labute approximate surface area is 339 Å². The van der Waals surface area contributed by atoms with E-state index >= 15 is 0 Å². The van der Waals surface area contributed by atoms with Gasteiger partial charge in [0.15, 0.2) is 0 Å². The summed E-state index contributed by atoms with van der Waals surface area (Å²) in [7, 11) is 0. The molecule has 57 heavy (non-hydrogen) atoms. The zero-order chi connectivity index (χ0) is 38.9. The molecule has 1 aromatic heterocycles. The van der Waals surface area contributed by atoms with E-state index < -0.39 is 5.41 Å². The van der Waals surface area contributed by atoms with Gasteiger partial charge in [0.2, 0.25) is 5.91 Å². The van der Waals surface area contributed by atoms with Crippen molar-refractivity contribution in [3.05, 3.63) is 90.3 Å². The molecule has 2 N–H and O–H groups in total. The van der Waals surface area contributed by atoms with Crippen molar-refractivity contribution in [1.29, 1.82) is 0 Å². The van der Waals surface area contributed by atoms with Crippen LogP contribution in [0.25, 0.3) is 11.0 Å². The number of carbonyl (C=O) groups is 1. The van der Waals surface area contributed by atoms with Gasteiger partial charge in [0.1, 0.15) is 17.6 Å². The van der Waals surface area contributed by atoms with E-state index in [1.165, 1.54) is 56.3 Å². The number of fused-ring (bicyclic) bond motifs is 1. The lowest BCUT2D eigenvalue weighted by atomic mass is 9.73.